The van der Waals surface area contributed by atoms with E-state index in [0.29, 0.717) is 11.0 Å². The van der Waals surface area contributed by atoms with E-state index in [-0.39, 0.29) is 5.41 Å². The number of rotatable bonds is 13. The Morgan fingerprint density at radius 2 is 1.56 bits per heavy atom. The lowest BCUT2D eigenvalue weighted by Crippen LogP contribution is -2.12. The van der Waals surface area contributed by atoms with Crippen LogP contribution in [-0.4, -0.2) is 16.1 Å². The molecule has 1 rings (SSSR count). The van der Waals surface area contributed by atoms with Gasteiger partial charge in [-0.05, 0) is 60.1 Å². The number of benzene rings is 1. The third-order valence-corrected chi connectivity index (χ3v) is 6.81. The minimum atomic E-state index is -0.0105. The van der Waals surface area contributed by atoms with Crippen LogP contribution >= 0.6 is 11.8 Å². The largest absolute Gasteiger partial charge is 0.508 e. The van der Waals surface area contributed by atoms with Crippen molar-refractivity contribution in [2.24, 2.45) is 0 Å². The molecule has 0 aromatic heterocycles. The lowest BCUT2D eigenvalue weighted by molar-refractivity contribution is 0.445. The molecular formula is C25H44OS. The number of hydrogen-bond donors (Lipinski definition) is 1. The van der Waals surface area contributed by atoms with Gasteiger partial charge in [0.2, 0.25) is 0 Å². The van der Waals surface area contributed by atoms with Gasteiger partial charge in [0.25, 0.3) is 0 Å². The highest BCUT2D eigenvalue weighted by atomic mass is 32.2. The van der Waals surface area contributed by atoms with Crippen LogP contribution in [0.2, 0.25) is 0 Å². The first kappa shape index (κ1) is 24.4. The summed E-state index contributed by atoms with van der Waals surface area (Å²) < 4.78 is 0. The molecule has 1 N–H and O–H groups in total. The number of unbranched alkanes of at least 4 members (excludes halogenated alkanes) is 7. The molecule has 1 aromatic rings. The van der Waals surface area contributed by atoms with Crippen LogP contribution in [0.4, 0.5) is 0 Å². The van der Waals surface area contributed by atoms with E-state index in [0.717, 1.165) is 12.0 Å². The van der Waals surface area contributed by atoms with Crippen molar-refractivity contribution in [3.05, 3.63) is 28.8 Å². The first-order valence-corrected chi connectivity index (χ1v) is 12.2. The predicted octanol–water partition coefficient (Wildman–Crippen LogP) is 8.19. The van der Waals surface area contributed by atoms with Crippen LogP contribution in [0.5, 0.6) is 5.75 Å². The molecule has 0 fully saturated rings. The number of aryl methyl sites for hydroxylation is 2. The third-order valence-electron chi connectivity index (χ3n) is 5.48. The average molecular weight is 393 g/mol. The van der Waals surface area contributed by atoms with Crippen molar-refractivity contribution in [1.29, 1.82) is 0 Å². The number of aromatic hydroxyl groups is 1. The Hall–Kier alpha value is -0.630. The molecule has 0 aliphatic heterocycles. The fourth-order valence-corrected chi connectivity index (χ4v) is 4.63. The van der Waals surface area contributed by atoms with Gasteiger partial charge in [0.05, 0.1) is 0 Å². The lowest BCUT2D eigenvalue weighted by atomic mass is 9.84. The molecular weight excluding hydrogens is 348 g/mol. The molecule has 0 heterocycles. The number of thioether (sulfide) groups is 1. The molecule has 0 radical (unpaired) electrons. The zero-order chi connectivity index (χ0) is 20.3. The monoisotopic (exact) mass is 392 g/mol. The molecule has 0 saturated carbocycles. The topological polar surface area (TPSA) is 20.2 Å². The van der Waals surface area contributed by atoms with Crippen LogP contribution < -0.4 is 0 Å². The Kier molecular flexibility index (Phi) is 11.5. The highest BCUT2D eigenvalue weighted by Crippen LogP contribution is 2.33. The molecule has 1 atom stereocenters. The molecule has 1 unspecified atom stereocenters. The Labute approximate surface area is 173 Å². The Morgan fingerprint density at radius 3 is 2.15 bits per heavy atom. The first-order valence-electron chi connectivity index (χ1n) is 11.2. The van der Waals surface area contributed by atoms with Gasteiger partial charge in [0, 0.05) is 5.25 Å². The normalized spacial score (nSPS) is 13.1. The van der Waals surface area contributed by atoms with E-state index in [9.17, 15) is 5.11 Å². The van der Waals surface area contributed by atoms with Gasteiger partial charge in [0.1, 0.15) is 5.75 Å². The maximum atomic E-state index is 10.3. The minimum Gasteiger partial charge on any atom is -0.508 e. The SMILES string of the molecule is CCCCCCCCCCSC(C)CCc1cc(C(C)(C)C)c(O)cc1C. The van der Waals surface area contributed by atoms with Crippen LogP contribution in [0.25, 0.3) is 0 Å². The van der Waals surface area contributed by atoms with Crippen molar-refractivity contribution in [1.82, 2.24) is 0 Å². The Balaban J connectivity index is 2.27. The van der Waals surface area contributed by atoms with E-state index < -0.39 is 0 Å². The second kappa shape index (κ2) is 12.8. The molecule has 0 amide bonds. The maximum Gasteiger partial charge on any atom is 0.119 e. The number of phenolic OH excluding ortho intramolecular Hbond substituents is 1. The van der Waals surface area contributed by atoms with Crippen molar-refractivity contribution in [2.45, 2.75) is 116 Å². The first-order chi connectivity index (χ1) is 12.8. The summed E-state index contributed by atoms with van der Waals surface area (Å²) in [5, 5.41) is 11.0. The molecule has 1 aromatic carbocycles. The van der Waals surface area contributed by atoms with Gasteiger partial charge in [-0.3, -0.25) is 0 Å². The summed E-state index contributed by atoms with van der Waals surface area (Å²) in [7, 11) is 0. The van der Waals surface area contributed by atoms with Crippen LogP contribution in [-0.2, 0) is 11.8 Å². The third kappa shape index (κ3) is 9.92. The predicted molar refractivity (Wildman–Crippen MR) is 124 cm³/mol. The van der Waals surface area contributed by atoms with Gasteiger partial charge in [-0.1, -0.05) is 85.6 Å². The smallest absolute Gasteiger partial charge is 0.119 e. The summed E-state index contributed by atoms with van der Waals surface area (Å²) in [6.07, 6.45) is 13.6. The van der Waals surface area contributed by atoms with Gasteiger partial charge in [-0.15, -0.1) is 0 Å². The summed E-state index contributed by atoms with van der Waals surface area (Å²) in [5.41, 5.74) is 3.68. The quantitative estimate of drug-likeness (QED) is 0.341. The average Bonchev–Trinajstić information content (AvgIpc) is 2.58. The summed E-state index contributed by atoms with van der Waals surface area (Å²) >= 11 is 2.14. The summed E-state index contributed by atoms with van der Waals surface area (Å²) in [4.78, 5) is 0. The van der Waals surface area contributed by atoms with Gasteiger partial charge >= 0.3 is 0 Å². The molecule has 156 valence electrons. The van der Waals surface area contributed by atoms with Crippen molar-refractivity contribution in [3.8, 4) is 5.75 Å². The van der Waals surface area contributed by atoms with Crippen molar-refractivity contribution in [2.75, 3.05) is 5.75 Å². The Morgan fingerprint density at radius 1 is 0.963 bits per heavy atom. The summed E-state index contributed by atoms with van der Waals surface area (Å²) in [5.74, 6) is 1.75. The van der Waals surface area contributed by atoms with Crippen molar-refractivity contribution in [3.63, 3.8) is 0 Å². The molecule has 0 saturated heterocycles. The lowest BCUT2D eigenvalue weighted by Gasteiger charge is -2.23. The van der Waals surface area contributed by atoms with E-state index >= 15 is 0 Å². The molecule has 0 bridgehead atoms. The fourth-order valence-electron chi connectivity index (χ4n) is 3.57. The number of phenols is 1. The van der Waals surface area contributed by atoms with E-state index in [2.05, 4.69) is 59.4 Å². The maximum absolute atomic E-state index is 10.3. The zero-order valence-corrected chi connectivity index (χ0v) is 19.7. The molecule has 1 nitrogen and oxygen atoms in total. The minimum absolute atomic E-state index is 0.0105. The standard InChI is InChI=1S/C25H44OS/c1-7-8-9-10-11-12-13-14-17-27-21(3)15-16-22-19-23(25(4,5)6)24(26)18-20(22)2/h18-19,21,26H,7-17H2,1-6H3. The fraction of sp³-hybridized carbons (Fsp3) is 0.760. The van der Waals surface area contributed by atoms with E-state index in [1.165, 1.54) is 74.7 Å². The molecule has 27 heavy (non-hydrogen) atoms. The number of hydrogen-bond acceptors (Lipinski definition) is 2. The van der Waals surface area contributed by atoms with Crippen LogP contribution in [0.3, 0.4) is 0 Å². The highest BCUT2D eigenvalue weighted by molar-refractivity contribution is 7.99. The van der Waals surface area contributed by atoms with Crippen LogP contribution in [0.15, 0.2) is 12.1 Å². The van der Waals surface area contributed by atoms with Crippen molar-refractivity contribution >= 4 is 11.8 Å². The Bertz CT molecular complexity index is 530. The van der Waals surface area contributed by atoms with Gasteiger partial charge < -0.3 is 5.11 Å². The second-order valence-corrected chi connectivity index (χ2v) is 10.8. The zero-order valence-electron chi connectivity index (χ0n) is 18.9. The van der Waals surface area contributed by atoms with E-state index in [1.807, 2.05) is 6.07 Å². The molecule has 0 spiro atoms. The van der Waals surface area contributed by atoms with Crippen LogP contribution in [0, 0.1) is 6.92 Å². The molecule has 2 heteroatoms. The second-order valence-electron chi connectivity index (χ2n) is 9.24. The molecule has 0 aliphatic rings. The van der Waals surface area contributed by atoms with Gasteiger partial charge in [0.15, 0.2) is 0 Å². The summed E-state index contributed by atoms with van der Waals surface area (Å²) in [6, 6.07) is 4.19. The van der Waals surface area contributed by atoms with E-state index in [4.69, 9.17) is 0 Å². The van der Waals surface area contributed by atoms with E-state index in [1.54, 1.807) is 0 Å². The van der Waals surface area contributed by atoms with Crippen LogP contribution in [0.1, 0.15) is 109 Å². The highest BCUT2D eigenvalue weighted by Gasteiger charge is 2.19. The van der Waals surface area contributed by atoms with Crippen molar-refractivity contribution < 1.29 is 5.11 Å². The van der Waals surface area contributed by atoms with Gasteiger partial charge in [-0.25, -0.2) is 0 Å². The van der Waals surface area contributed by atoms with Gasteiger partial charge in [-0.2, -0.15) is 11.8 Å². The molecule has 0 aliphatic carbocycles. The summed E-state index contributed by atoms with van der Waals surface area (Å²) in [6.45, 7) is 13.3.